The van der Waals surface area contributed by atoms with Gasteiger partial charge in [-0.3, -0.25) is 0 Å². The Morgan fingerprint density at radius 3 is 2.42 bits per heavy atom. The molecule has 0 radical (unpaired) electrons. The summed E-state index contributed by atoms with van der Waals surface area (Å²) in [4.78, 5) is 9.22. The van der Waals surface area contributed by atoms with Gasteiger partial charge < -0.3 is 10.6 Å². The molecule has 0 saturated carbocycles. The third-order valence-corrected chi connectivity index (χ3v) is 3.40. The van der Waals surface area contributed by atoms with Crippen molar-refractivity contribution in [2.45, 2.75) is 46.1 Å². The van der Waals surface area contributed by atoms with Crippen molar-refractivity contribution in [3.8, 4) is 0 Å². The molecule has 0 fully saturated rings. The van der Waals surface area contributed by atoms with Gasteiger partial charge in [0.25, 0.3) is 0 Å². The SMILES string of the molecule is CCNc1cc(NC(C)CSC)nc(C(C)(C)C)n1. The predicted molar refractivity (Wildman–Crippen MR) is 86.4 cm³/mol. The zero-order chi connectivity index (χ0) is 14.5. The predicted octanol–water partition coefficient (Wildman–Crippen LogP) is 3.37. The van der Waals surface area contributed by atoms with E-state index in [0.717, 1.165) is 29.8 Å². The van der Waals surface area contributed by atoms with Crippen LogP contribution >= 0.6 is 11.8 Å². The van der Waals surface area contributed by atoms with Gasteiger partial charge in [0.1, 0.15) is 17.5 Å². The topological polar surface area (TPSA) is 49.8 Å². The summed E-state index contributed by atoms with van der Waals surface area (Å²) in [7, 11) is 0. The van der Waals surface area contributed by atoms with E-state index in [1.165, 1.54) is 0 Å². The molecule has 0 aromatic carbocycles. The van der Waals surface area contributed by atoms with Gasteiger partial charge >= 0.3 is 0 Å². The fourth-order valence-electron chi connectivity index (χ4n) is 1.67. The van der Waals surface area contributed by atoms with Crippen LogP contribution in [-0.2, 0) is 5.41 Å². The highest BCUT2D eigenvalue weighted by molar-refractivity contribution is 7.98. The van der Waals surface area contributed by atoms with Gasteiger partial charge in [-0.2, -0.15) is 11.8 Å². The molecule has 1 aromatic rings. The van der Waals surface area contributed by atoms with E-state index < -0.39 is 0 Å². The van der Waals surface area contributed by atoms with Gasteiger partial charge in [-0.15, -0.1) is 0 Å². The standard InChI is InChI=1S/C14H26N4S/c1-7-15-11-8-12(16-10(2)9-19-6)18-13(17-11)14(3,4)5/h8,10H,7,9H2,1-6H3,(H2,15,16,17,18). The Balaban J connectivity index is 2.99. The van der Waals surface area contributed by atoms with E-state index in [1.807, 2.05) is 17.8 Å². The maximum absolute atomic E-state index is 4.64. The molecule has 0 aliphatic heterocycles. The van der Waals surface area contributed by atoms with E-state index in [4.69, 9.17) is 0 Å². The van der Waals surface area contributed by atoms with Crippen LogP contribution < -0.4 is 10.6 Å². The number of rotatable bonds is 6. The van der Waals surface area contributed by atoms with E-state index in [0.29, 0.717) is 6.04 Å². The molecule has 1 heterocycles. The second-order valence-corrected chi connectivity index (χ2v) is 6.65. The molecule has 1 unspecified atom stereocenters. The van der Waals surface area contributed by atoms with Gasteiger partial charge in [0.05, 0.1) is 0 Å². The van der Waals surface area contributed by atoms with Crippen LogP contribution in [-0.4, -0.2) is 34.6 Å². The summed E-state index contributed by atoms with van der Waals surface area (Å²) < 4.78 is 0. The lowest BCUT2D eigenvalue weighted by atomic mass is 9.96. The van der Waals surface area contributed by atoms with Gasteiger partial charge in [-0.25, -0.2) is 9.97 Å². The van der Waals surface area contributed by atoms with E-state index in [1.54, 1.807) is 0 Å². The first-order valence-electron chi connectivity index (χ1n) is 6.75. The Hall–Kier alpha value is -0.970. The zero-order valence-electron chi connectivity index (χ0n) is 12.9. The largest absolute Gasteiger partial charge is 0.370 e. The van der Waals surface area contributed by atoms with Gasteiger partial charge in [0, 0.05) is 29.8 Å². The van der Waals surface area contributed by atoms with E-state index in [-0.39, 0.29) is 5.41 Å². The number of nitrogens with one attached hydrogen (secondary N) is 2. The Morgan fingerprint density at radius 1 is 1.26 bits per heavy atom. The molecule has 0 aliphatic carbocycles. The minimum absolute atomic E-state index is 0.0510. The van der Waals surface area contributed by atoms with Gasteiger partial charge in [0.2, 0.25) is 0 Å². The smallest absolute Gasteiger partial charge is 0.138 e. The lowest BCUT2D eigenvalue weighted by molar-refractivity contribution is 0.546. The molecule has 0 amide bonds. The van der Waals surface area contributed by atoms with Crippen LogP contribution in [0.15, 0.2) is 6.07 Å². The van der Waals surface area contributed by atoms with Crippen molar-refractivity contribution < 1.29 is 0 Å². The fraction of sp³-hybridized carbons (Fsp3) is 0.714. The van der Waals surface area contributed by atoms with Crippen molar-refractivity contribution in [3.63, 3.8) is 0 Å². The summed E-state index contributed by atoms with van der Waals surface area (Å²) >= 11 is 1.83. The van der Waals surface area contributed by atoms with Crippen LogP contribution in [0.2, 0.25) is 0 Å². The van der Waals surface area contributed by atoms with Crippen LogP contribution in [0.3, 0.4) is 0 Å². The quantitative estimate of drug-likeness (QED) is 0.838. The molecule has 1 aromatic heterocycles. The minimum atomic E-state index is -0.0510. The summed E-state index contributed by atoms with van der Waals surface area (Å²) in [5.74, 6) is 3.72. The molecular weight excluding hydrogens is 256 g/mol. The number of anilines is 2. The average molecular weight is 282 g/mol. The first kappa shape index (κ1) is 16.1. The number of aromatic nitrogens is 2. The molecule has 0 bridgehead atoms. The van der Waals surface area contributed by atoms with Gasteiger partial charge in [-0.1, -0.05) is 20.8 Å². The van der Waals surface area contributed by atoms with Crippen molar-refractivity contribution in [2.24, 2.45) is 0 Å². The lowest BCUT2D eigenvalue weighted by Crippen LogP contribution is -2.22. The Labute approximate surface area is 121 Å². The van der Waals surface area contributed by atoms with Crippen molar-refractivity contribution >= 4 is 23.4 Å². The highest BCUT2D eigenvalue weighted by Crippen LogP contribution is 2.22. The summed E-state index contributed by atoms with van der Waals surface area (Å²) in [5.41, 5.74) is -0.0510. The molecule has 0 saturated heterocycles. The molecule has 1 rings (SSSR count). The van der Waals surface area contributed by atoms with Crippen molar-refractivity contribution in [2.75, 3.05) is 29.2 Å². The van der Waals surface area contributed by atoms with E-state index in [2.05, 4.69) is 61.5 Å². The van der Waals surface area contributed by atoms with Crippen LogP contribution in [0.4, 0.5) is 11.6 Å². The van der Waals surface area contributed by atoms with Crippen LogP contribution in [0.1, 0.15) is 40.4 Å². The van der Waals surface area contributed by atoms with Crippen molar-refractivity contribution in [3.05, 3.63) is 11.9 Å². The molecule has 0 spiro atoms. The van der Waals surface area contributed by atoms with Crippen LogP contribution in [0, 0.1) is 0 Å². The molecular formula is C14H26N4S. The molecule has 5 heteroatoms. The van der Waals surface area contributed by atoms with Crippen molar-refractivity contribution in [1.29, 1.82) is 0 Å². The number of hydrogen-bond acceptors (Lipinski definition) is 5. The maximum Gasteiger partial charge on any atom is 0.138 e. The summed E-state index contributed by atoms with van der Waals surface area (Å²) in [6.45, 7) is 11.5. The normalized spacial score (nSPS) is 13.2. The lowest BCUT2D eigenvalue weighted by Gasteiger charge is -2.20. The summed E-state index contributed by atoms with van der Waals surface area (Å²) in [5, 5.41) is 6.71. The highest BCUT2D eigenvalue weighted by atomic mass is 32.2. The number of hydrogen-bond donors (Lipinski definition) is 2. The van der Waals surface area contributed by atoms with Crippen LogP contribution in [0.25, 0.3) is 0 Å². The molecule has 1 atom stereocenters. The van der Waals surface area contributed by atoms with Crippen molar-refractivity contribution in [1.82, 2.24) is 9.97 Å². The number of thioether (sulfide) groups is 1. The highest BCUT2D eigenvalue weighted by Gasteiger charge is 2.19. The van der Waals surface area contributed by atoms with E-state index in [9.17, 15) is 0 Å². The minimum Gasteiger partial charge on any atom is -0.370 e. The van der Waals surface area contributed by atoms with E-state index >= 15 is 0 Å². The zero-order valence-corrected chi connectivity index (χ0v) is 13.7. The van der Waals surface area contributed by atoms with Gasteiger partial charge in [-0.05, 0) is 20.1 Å². The van der Waals surface area contributed by atoms with Crippen LogP contribution in [0.5, 0.6) is 0 Å². The first-order chi connectivity index (χ1) is 8.86. The monoisotopic (exact) mass is 282 g/mol. The molecule has 2 N–H and O–H groups in total. The van der Waals surface area contributed by atoms with Gasteiger partial charge in [0.15, 0.2) is 0 Å². The summed E-state index contributed by atoms with van der Waals surface area (Å²) in [6.07, 6.45) is 2.11. The second kappa shape index (κ2) is 6.98. The molecule has 19 heavy (non-hydrogen) atoms. The summed E-state index contributed by atoms with van der Waals surface area (Å²) in [6, 6.07) is 2.38. The average Bonchev–Trinajstić information content (AvgIpc) is 2.28. The molecule has 108 valence electrons. The molecule has 0 aliphatic rings. The molecule has 4 nitrogen and oxygen atoms in total. The second-order valence-electron chi connectivity index (χ2n) is 5.74. The fourth-order valence-corrected chi connectivity index (χ4v) is 2.26. The first-order valence-corrected chi connectivity index (χ1v) is 8.15. The Kier molecular flexibility index (Phi) is 5.91. The third-order valence-electron chi connectivity index (χ3n) is 2.57. The Morgan fingerprint density at radius 2 is 1.89 bits per heavy atom. The maximum atomic E-state index is 4.64. The Bertz CT molecular complexity index is 401. The number of nitrogens with zero attached hydrogens (tertiary/aromatic N) is 2. The third kappa shape index (κ3) is 5.27.